The molecule has 6 heavy (non-hydrogen) atoms. The molecule has 0 N–H and O–H groups in total. The zero-order valence-corrected chi connectivity index (χ0v) is 3.98. The van der Waals surface area contributed by atoms with Crippen LogP contribution in [0.4, 0.5) is 0 Å². The molecule has 0 saturated heterocycles. The number of unbranched alkanes of at least 4 members (excludes halogenated alkanes) is 1. The maximum Gasteiger partial charge on any atom is 0.0822 e. The van der Waals surface area contributed by atoms with Crippen LogP contribution in [-0.2, 0) is 5.11 Å². The van der Waals surface area contributed by atoms with Crippen molar-refractivity contribution >= 4 is 0 Å². The molecule has 0 unspecified atom stereocenters. The summed E-state index contributed by atoms with van der Waals surface area (Å²) in [6, 6.07) is 0. The summed E-state index contributed by atoms with van der Waals surface area (Å²) in [4.78, 5) is 0. The van der Waals surface area contributed by atoms with Crippen LogP contribution < -0.4 is 6.15 Å². The highest BCUT2D eigenvalue weighted by atomic mass is 16.2. The summed E-state index contributed by atoms with van der Waals surface area (Å²) in [6.45, 7) is 2.11. The molecule has 0 aliphatic carbocycles. The van der Waals surface area contributed by atoms with Crippen molar-refractivity contribution in [1.82, 2.24) is 6.15 Å². The van der Waals surface area contributed by atoms with Crippen molar-refractivity contribution in [2.24, 2.45) is 0 Å². The molecule has 0 saturated carbocycles. The van der Waals surface area contributed by atoms with Crippen LogP contribution in [0, 0.1) is 0 Å². The van der Waals surface area contributed by atoms with Gasteiger partial charge in [-0.1, -0.05) is 13.3 Å². The number of rotatable bonds is 2. The van der Waals surface area contributed by atoms with Gasteiger partial charge in [0.25, 0.3) is 0 Å². The predicted octanol–water partition coefficient (Wildman–Crippen LogP) is 0.736. The Kier molecular flexibility index (Phi) is 13.8. The second-order valence-corrected chi connectivity index (χ2v) is 1.06. The molecule has 0 rings (SSSR count). The van der Waals surface area contributed by atoms with Crippen molar-refractivity contribution in [2.45, 2.75) is 19.8 Å². The number of hydrogen-bond acceptors (Lipinski definition) is 0. The molecule has 0 aromatic rings. The van der Waals surface area contributed by atoms with E-state index < -0.39 is 0 Å². The van der Waals surface area contributed by atoms with Gasteiger partial charge in [0, 0.05) is 6.15 Å². The second-order valence-electron chi connectivity index (χ2n) is 1.06. The molecule has 0 aliphatic heterocycles. The molecule has 0 aliphatic rings. The fourth-order valence-electron chi connectivity index (χ4n) is 0.144. The lowest BCUT2D eigenvalue weighted by Gasteiger charge is -1.76. The van der Waals surface area contributed by atoms with Gasteiger partial charge in [-0.15, -0.1) is 0 Å². The van der Waals surface area contributed by atoms with E-state index in [2.05, 4.69) is 0 Å². The molecule has 2 nitrogen and oxygen atoms in total. The number of nitrogens with zero attached hydrogens (tertiary/aromatic N) is 1. The third-order valence-corrected chi connectivity index (χ3v) is 0.498. The van der Waals surface area contributed by atoms with E-state index in [1.54, 1.807) is 0 Å². The van der Waals surface area contributed by atoms with Crippen LogP contribution in [0.25, 0.3) is 0 Å². The second kappa shape index (κ2) is 8.87. The average Bonchev–Trinajstić information content (AvgIpc) is 1.41. The van der Waals surface area contributed by atoms with Crippen LogP contribution in [0.2, 0.25) is 0 Å². The van der Waals surface area contributed by atoms with Gasteiger partial charge in [-0.25, -0.2) is 5.11 Å². The summed E-state index contributed by atoms with van der Waals surface area (Å²) in [5, 5.41) is 9.53. The minimum atomic E-state index is 0. The molecule has 0 spiro atoms. The normalized spacial score (nSPS) is 7.00. The lowest BCUT2D eigenvalue weighted by atomic mass is 10.4. The Bertz CT molecular complexity index is 15.0. The first-order chi connectivity index (χ1) is 2.41. The van der Waals surface area contributed by atoms with Gasteiger partial charge in [-0.3, -0.25) is 0 Å². The quantitative estimate of drug-likeness (QED) is 0.477. The molecular weight excluding hydrogens is 78.0 g/mol. The van der Waals surface area contributed by atoms with E-state index in [1.807, 2.05) is 6.92 Å². The van der Waals surface area contributed by atoms with Crippen LogP contribution in [0.3, 0.4) is 0 Å². The average molecular weight is 87.1 g/mol. The van der Waals surface area contributed by atoms with Gasteiger partial charge < -0.3 is 0 Å². The van der Waals surface area contributed by atoms with Gasteiger partial charge in [0.2, 0.25) is 0 Å². The van der Waals surface area contributed by atoms with Crippen LogP contribution in [-0.4, -0.2) is 6.61 Å². The van der Waals surface area contributed by atoms with Crippen molar-refractivity contribution < 1.29 is 5.11 Å². The SMILES string of the molecule is CCCC[O].[N]. The fraction of sp³-hybridized carbons (Fsp3) is 1.00. The summed E-state index contributed by atoms with van der Waals surface area (Å²) >= 11 is 0. The first-order valence-electron chi connectivity index (χ1n) is 2.00. The van der Waals surface area contributed by atoms with Crippen molar-refractivity contribution in [3.63, 3.8) is 0 Å². The van der Waals surface area contributed by atoms with Gasteiger partial charge in [-0.05, 0) is 6.42 Å². The minimum absolute atomic E-state index is 0. The van der Waals surface area contributed by atoms with Gasteiger partial charge in [0.15, 0.2) is 0 Å². The summed E-state index contributed by atoms with van der Waals surface area (Å²) in [5.41, 5.74) is 0. The molecular formula is C4H9NO. The molecule has 0 fully saturated rings. The Labute approximate surface area is 38.8 Å². The summed E-state index contributed by atoms with van der Waals surface area (Å²) < 4.78 is 0. The first-order valence-corrected chi connectivity index (χ1v) is 2.00. The van der Waals surface area contributed by atoms with E-state index in [0.717, 1.165) is 12.8 Å². The Morgan fingerprint density at radius 3 is 2.00 bits per heavy atom. The maximum atomic E-state index is 9.53. The van der Waals surface area contributed by atoms with Crippen LogP contribution >= 0.6 is 0 Å². The lowest BCUT2D eigenvalue weighted by molar-refractivity contribution is 0.188. The smallest absolute Gasteiger partial charge is 0.0822 e. The van der Waals surface area contributed by atoms with Crippen LogP contribution in [0.15, 0.2) is 0 Å². The zero-order valence-electron chi connectivity index (χ0n) is 3.98. The standard InChI is InChI=1S/C4H9O.N/c1-2-3-4-5;/h2-4H2,1H3;. The molecule has 4 radical (unpaired) electrons. The van der Waals surface area contributed by atoms with E-state index in [1.165, 1.54) is 0 Å². The zero-order chi connectivity index (χ0) is 4.12. The summed E-state index contributed by atoms with van der Waals surface area (Å²) in [6.07, 6.45) is 1.86. The van der Waals surface area contributed by atoms with Gasteiger partial charge in [0.1, 0.15) is 0 Å². The Morgan fingerprint density at radius 1 is 1.50 bits per heavy atom. The Hall–Kier alpha value is -0.0800. The van der Waals surface area contributed by atoms with E-state index in [4.69, 9.17) is 0 Å². The van der Waals surface area contributed by atoms with E-state index in [9.17, 15) is 5.11 Å². The minimum Gasteiger partial charge on any atom is -0.237 e. The fourth-order valence-corrected chi connectivity index (χ4v) is 0.144. The highest BCUT2D eigenvalue weighted by molar-refractivity contribution is 4.22. The van der Waals surface area contributed by atoms with Crippen LogP contribution in [0.1, 0.15) is 19.8 Å². The van der Waals surface area contributed by atoms with Gasteiger partial charge in [-0.2, -0.15) is 0 Å². The van der Waals surface area contributed by atoms with E-state index in [0.29, 0.717) is 0 Å². The third-order valence-electron chi connectivity index (χ3n) is 0.498. The highest BCUT2D eigenvalue weighted by Gasteiger charge is 1.71. The maximum absolute atomic E-state index is 9.53. The summed E-state index contributed by atoms with van der Waals surface area (Å²) in [7, 11) is 0. The van der Waals surface area contributed by atoms with Crippen molar-refractivity contribution in [3.05, 3.63) is 0 Å². The van der Waals surface area contributed by atoms with Gasteiger partial charge >= 0.3 is 0 Å². The first kappa shape index (κ1) is 9.33. The Morgan fingerprint density at radius 2 is 2.00 bits per heavy atom. The molecule has 2 heteroatoms. The molecule has 0 atom stereocenters. The molecule has 0 bridgehead atoms. The van der Waals surface area contributed by atoms with Crippen molar-refractivity contribution in [2.75, 3.05) is 6.61 Å². The van der Waals surface area contributed by atoms with Crippen molar-refractivity contribution in [1.29, 1.82) is 0 Å². The number of hydrogen-bond donors (Lipinski definition) is 0. The van der Waals surface area contributed by atoms with Crippen LogP contribution in [0.5, 0.6) is 0 Å². The molecule has 0 aromatic heterocycles. The monoisotopic (exact) mass is 87.1 g/mol. The van der Waals surface area contributed by atoms with E-state index in [-0.39, 0.29) is 12.8 Å². The van der Waals surface area contributed by atoms with Crippen molar-refractivity contribution in [3.8, 4) is 0 Å². The Balaban J connectivity index is 0. The lowest BCUT2D eigenvalue weighted by Crippen LogP contribution is -1.72. The largest absolute Gasteiger partial charge is 0.237 e. The highest BCUT2D eigenvalue weighted by Crippen LogP contribution is 1.79. The molecule has 0 amide bonds. The third kappa shape index (κ3) is 9.07. The van der Waals surface area contributed by atoms with E-state index >= 15 is 0 Å². The molecule has 36 valence electrons. The topological polar surface area (TPSA) is 50.4 Å². The molecule has 0 heterocycles. The van der Waals surface area contributed by atoms with Gasteiger partial charge in [0.05, 0.1) is 6.61 Å². The molecule has 0 aromatic carbocycles. The predicted molar refractivity (Wildman–Crippen MR) is 22.6 cm³/mol. The summed E-state index contributed by atoms with van der Waals surface area (Å²) in [5.74, 6) is 0.